The van der Waals surface area contributed by atoms with Crippen molar-refractivity contribution in [1.82, 2.24) is 19.8 Å². The molecule has 7 heteroatoms. The summed E-state index contributed by atoms with van der Waals surface area (Å²) in [5.41, 5.74) is 2.79. The van der Waals surface area contributed by atoms with Gasteiger partial charge >= 0.3 is 0 Å². The van der Waals surface area contributed by atoms with Crippen LogP contribution in [-0.4, -0.2) is 25.7 Å². The third kappa shape index (κ3) is 2.46. The van der Waals surface area contributed by atoms with Gasteiger partial charge in [0.05, 0.1) is 5.69 Å². The first-order valence-corrected chi connectivity index (χ1v) is 8.27. The number of pyridine rings is 1. The Morgan fingerprint density at radius 3 is 2.92 bits per heavy atom. The summed E-state index contributed by atoms with van der Waals surface area (Å²) < 4.78 is 7.22. The van der Waals surface area contributed by atoms with Gasteiger partial charge in [-0.25, -0.2) is 0 Å². The van der Waals surface area contributed by atoms with Crippen molar-refractivity contribution in [2.24, 2.45) is 0 Å². The maximum absolute atomic E-state index is 12.6. The van der Waals surface area contributed by atoms with Crippen molar-refractivity contribution in [2.45, 2.75) is 45.4 Å². The number of hydrogen-bond acceptors (Lipinski definition) is 5. The number of carbonyl (C=O) groups is 1. The number of fused-ring (bicyclic) bond motifs is 2. The van der Waals surface area contributed by atoms with Crippen LogP contribution in [0.15, 0.2) is 22.9 Å². The summed E-state index contributed by atoms with van der Waals surface area (Å²) in [5.74, 6) is 1.72. The zero-order valence-electron chi connectivity index (χ0n) is 13.7. The van der Waals surface area contributed by atoms with Crippen molar-refractivity contribution in [1.29, 1.82) is 0 Å². The fourth-order valence-electron chi connectivity index (χ4n) is 3.13. The summed E-state index contributed by atoms with van der Waals surface area (Å²) in [4.78, 5) is 12.6. The van der Waals surface area contributed by atoms with Gasteiger partial charge in [0, 0.05) is 24.1 Å². The largest absolute Gasteiger partial charge is 0.360 e. The minimum absolute atomic E-state index is 0.236. The summed E-state index contributed by atoms with van der Waals surface area (Å²) in [7, 11) is 0. The normalized spacial score (nSPS) is 14.1. The first kappa shape index (κ1) is 14.9. The molecule has 7 nitrogen and oxygen atoms in total. The highest BCUT2D eigenvalue weighted by molar-refractivity contribution is 6.03. The first-order valence-electron chi connectivity index (χ1n) is 8.27. The third-order valence-electron chi connectivity index (χ3n) is 4.37. The van der Waals surface area contributed by atoms with Gasteiger partial charge < -0.3 is 9.84 Å². The summed E-state index contributed by atoms with van der Waals surface area (Å²) >= 11 is 0. The van der Waals surface area contributed by atoms with Crippen LogP contribution in [0, 0.1) is 0 Å². The molecule has 1 aliphatic rings. The molecule has 1 amide bonds. The SMILES string of the molecule is CC(C)c1nnc2ccc(NC(=O)c3noc4c3CCCC4)cn12. The molecule has 0 radical (unpaired) electrons. The molecule has 0 bridgehead atoms. The van der Waals surface area contributed by atoms with Gasteiger partial charge in [-0.3, -0.25) is 9.20 Å². The fraction of sp³-hybridized carbons (Fsp3) is 0.412. The van der Waals surface area contributed by atoms with Gasteiger partial charge in [-0.2, -0.15) is 0 Å². The lowest BCUT2D eigenvalue weighted by Gasteiger charge is -2.10. The van der Waals surface area contributed by atoms with Gasteiger partial charge in [0.2, 0.25) is 0 Å². The van der Waals surface area contributed by atoms with Crippen LogP contribution in [0.5, 0.6) is 0 Å². The predicted molar refractivity (Wildman–Crippen MR) is 88.2 cm³/mol. The minimum Gasteiger partial charge on any atom is -0.360 e. The molecular weight excluding hydrogens is 306 g/mol. The van der Waals surface area contributed by atoms with Crippen molar-refractivity contribution in [3.05, 3.63) is 41.2 Å². The third-order valence-corrected chi connectivity index (χ3v) is 4.37. The standard InChI is InChI=1S/C17H19N5O2/c1-10(2)16-20-19-14-8-7-11(9-22(14)16)18-17(23)15-12-5-3-4-6-13(12)24-21-15/h7-10H,3-6H2,1-2H3,(H,18,23). The molecule has 1 N–H and O–H groups in total. The molecule has 3 aromatic heterocycles. The van der Waals surface area contributed by atoms with E-state index in [1.807, 2.05) is 22.7 Å². The van der Waals surface area contributed by atoms with Crippen molar-refractivity contribution < 1.29 is 9.32 Å². The molecular formula is C17H19N5O2. The van der Waals surface area contributed by atoms with E-state index in [1.54, 1.807) is 0 Å². The Morgan fingerprint density at radius 1 is 1.25 bits per heavy atom. The van der Waals surface area contributed by atoms with E-state index in [-0.39, 0.29) is 11.8 Å². The van der Waals surface area contributed by atoms with E-state index < -0.39 is 0 Å². The molecule has 0 atom stereocenters. The second-order valence-corrected chi connectivity index (χ2v) is 6.45. The number of anilines is 1. The molecule has 0 saturated heterocycles. The summed E-state index contributed by atoms with van der Waals surface area (Å²) in [5, 5.41) is 15.2. The highest BCUT2D eigenvalue weighted by Gasteiger charge is 2.24. The second kappa shape index (κ2) is 5.74. The Balaban J connectivity index is 1.63. The van der Waals surface area contributed by atoms with E-state index in [1.165, 1.54) is 0 Å². The van der Waals surface area contributed by atoms with Crippen molar-refractivity contribution in [3.63, 3.8) is 0 Å². The van der Waals surface area contributed by atoms with Gasteiger partial charge in [0.1, 0.15) is 11.6 Å². The summed E-state index contributed by atoms with van der Waals surface area (Å²) in [6, 6.07) is 3.66. The van der Waals surface area contributed by atoms with Crippen LogP contribution in [0.2, 0.25) is 0 Å². The van der Waals surface area contributed by atoms with E-state index >= 15 is 0 Å². The smallest absolute Gasteiger partial charge is 0.278 e. The van der Waals surface area contributed by atoms with Crippen molar-refractivity contribution >= 4 is 17.2 Å². The predicted octanol–water partition coefficient (Wildman–Crippen LogP) is 2.97. The molecule has 0 saturated carbocycles. The molecule has 0 fully saturated rings. The van der Waals surface area contributed by atoms with E-state index in [4.69, 9.17) is 4.52 Å². The molecule has 0 aromatic carbocycles. The summed E-state index contributed by atoms with van der Waals surface area (Å²) in [6.45, 7) is 4.12. The topological polar surface area (TPSA) is 85.3 Å². The zero-order valence-corrected chi connectivity index (χ0v) is 13.7. The molecule has 0 aliphatic heterocycles. The molecule has 24 heavy (non-hydrogen) atoms. The Hall–Kier alpha value is -2.70. The quantitative estimate of drug-likeness (QED) is 0.800. The van der Waals surface area contributed by atoms with Crippen LogP contribution < -0.4 is 5.32 Å². The Bertz CT molecular complexity index is 909. The number of nitrogens with one attached hydrogen (secondary N) is 1. The monoisotopic (exact) mass is 325 g/mol. The van der Waals surface area contributed by atoms with Crippen LogP contribution in [-0.2, 0) is 12.8 Å². The number of hydrogen-bond donors (Lipinski definition) is 1. The molecule has 0 unspecified atom stereocenters. The lowest BCUT2D eigenvalue weighted by molar-refractivity contribution is 0.101. The van der Waals surface area contributed by atoms with Gasteiger partial charge in [-0.05, 0) is 31.4 Å². The average Bonchev–Trinajstić information content (AvgIpc) is 3.18. The van der Waals surface area contributed by atoms with Gasteiger partial charge in [-0.1, -0.05) is 19.0 Å². The van der Waals surface area contributed by atoms with Gasteiger partial charge in [-0.15, -0.1) is 10.2 Å². The lowest BCUT2D eigenvalue weighted by Crippen LogP contribution is -2.16. The van der Waals surface area contributed by atoms with Crippen LogP contribution in [0.3, 0.4) is 0 Å². The van der Waals surface area contributed by atoms with Crippen LogP contribution >= 0.6 is 0 Å². The van der Waals surface area contributed by atoms with E-state index in [0.717, 1.165) is 48.5 Å². The number of aryl methyl sites for hydroxylation is 1. The molecule has 1 aliphatic carbocycles. The van der Waals surface area contributed by atoms with E-state index in [9.17, 15) is 4.79 Å². The van der Waals surface area contributed by atoms with Crippen LogP contribution in [0.4, 0.5) is 5.69 Å². The number of carbonyl (C=O) groups excluding carboxylic acids is 1. The van der Waals surface area contributed by atoms with Crippen LogP contribution in [0.1, 0.15) is 60.2 Å². The van der Waals surface area contributed by atoms with Gasteiger partial charge in [0.25, 0.3) is 5.91 Å². The maximum Gasteiger partial charge on any atom is 0.278 e. The number of aromatic nitrogens is 4. The zero-order chi connectivity index (χ0) is 16.7. The maximum atomic E-state index is 12.6. The highest BCUT2D eigenvalue weighted by atomic mass is 16.5. The number of nitrogens with zero attached hydrogens (tertiary/aromatic N) is 4. The van der Waals surface area contributed by atoms with Gasteiger partial charge in [0.15, 0.2) is 11.3 Å². The second-order valence-electron chi connectivity index (χ2n) is 6.45. The minimum atomic E-state index is -0.236. The number of amides is 1. The Kier molecular flexibility index (Phi) is 3.55. The Morgan fingerprint density at radius 2 is 2.08 bits per heavy atom. The summed E-state index contributed by atoms with van der Waals surface area (Å²) in [6.07, 6.45) is 5.71. The van der Waals surface area contributed by atoms with E-state index in [2.05, 4.69) is 34.5 Å². The lowest BCUT2D eigenvalue weighted by atomic mass is 9.96. The first-order chi connectivity index (χ1) is 11.6. The highest BCUT2D eigenvalue weighted by Crippen LogP contribution is 2.25. The Labute approximate surface area is 139 Å². The van der Waals surface area contributed by atoms with E-state index in [0.29, 0.717) is 11.4 Å². The molecule has 124 valence electrons. The molecule has 3 heterocycles. The molecule has 3 aromatic rings. The molecule has 4 rings (SSSR count). The average molecular weight is 325 g/mol. The van der Waals surface area contributed by atoms with Crippen molar-refractivity contribution in [2.75, 3.05) is 5.32 Å². The fourth-order valence-corrected chi connectivity index (χ4v) is 3.13. The van der Waals surface area contributed by atoms with Crippen LogP contribution in [0.25, 0.3) is 5.65 Å². The number of rotatable bonds is 3. The van der Waals surface area contributed by atoms with Crippen molar-refractivity contribution in [3.8, 4) is 0 Å². The molecule has 0 spiro atoms.